The van der Waals surface area contributed by atoms with Gasteiger partial charge in [0.05, 0.1) is 11.1 Å². The number of ether oxygens (including phenoxy) is 1. The number of nitrogens with zero attached hydrogens (tertiary/aromatic N) is 1. The Morgan fingerprint density at radius 3 is 2.58 bits per heavy atom. The summed E-state index contributed by atoms with van der Waals surface area (Å²) in [5.41, 5.74) is 1.86. The van der Waals surface area contributed by atoms with Gasteiger partial charge in [-0.2, -0.15) is 0 Å². The average Bonchev–Trinajstić information content (AvgIpc) is 2.61. The highest BCUT2D eigenvalue weighted by atomic mass is 35.5. The maximum absolute atomic E-state index is 10.5. The molecule has 2 aromatic rings. The van der Waals surface area contributed by atoms with E-state index in [1.54, 1.807) is 6.07 Å². The van der Waals surface area contributed by atoms with E-state index in [4.69, 9.17) is 16.3 Å². The summed E-state index contributed by atoms with van der Waals surface area (Å²) in [5, 5.41) is 14.3. The van der Waals surface area contributed by atoms with Gasteiger partial charge in [-0.1, -0.05) is 48.0 Å². The predicted molar refractivity (Wildman–Crippen MR) is 96.5 cm³/mol. The maximum atomic E-state index is 10.5. The van der Waals surface area contributed by atoms with Gasteiger partial charge in [-0.05, 0) is 17.7 Å². The van der Waals surface area contributed by atoms with Gasteiger partial charge in [0.2, 0.25) is 0 Å². The molecule has 1 saturated heterocycles. The van der Waals surface area contributed by atoms with Crippen LogP contribution in [0, 0.1) is 0 Å². The molecular weight excluding hydrogens is 324 g/mol. The van der Waals surface area contributed by atoms with Crippen LogP contribution < -0.4 is 10.1 Å². The number of halogens is 1. The van der Waals surface area contributed by atoms with E-state index in [0.29, 0.717) is 23.9 Å². The summed E-state index contributed by atoms with van der Waals surface area (Å²) in [6, 6.07) is 15.5. The Balaban J connectivity index is 1.59. The zero-order valence-electron chi connectivity index (χ0n) is 13.6. The van der Waals surface area contributed by atoms with Crippen LogP contribution in [0.3, 0.4) is 0 Å². The second-order valence-electron chi connectivity index (χ2n) is 6.02. The molecule has 0 radical (unpaired) electrons. The largest absolute Gasteiger partial charge is 0.489 e. The van der Waals surface area contributed by atoms with Gasteiger partial charge in [0.15, 0.2) is 0 Å². The maximum Gasteiger partial charge on any atom is 0.121 e. The van der Waals surface area contributed by atoms with Gasteiger partial charge in [-0.15, -0.1) is 0 Å². The van der Waals surface area contributed by atoms with E-state index in [1.807, 2.05) is 42.5 Å². The lowest BCUT2D eigenvalue weighted by atomic mass is 10.1. The Bertz CT molecular complexity index is 645. The normalized spacial score (nSPS) is 16.8. The fraction of sp³-hybridized carbons (Fsp3) is 0.368. The molecule has 0 aliphatic carbocycles. The van der Waals surface area contributed by atoms with E-state index < -0.39 is 6.10 Å². The lowest BCUT2D eigenvalue weighted by Crippen LogP contribution is -2.44. The smallest absolute Gasteiger partial charge is 0.121 e. The van der Waals surface area contributed by atoms with E-state index in [1.165, 1.54) is 0 Å². The van der Waals surface area contributed by atoms with Crippen LogP contribution in [-0.2, 0) is 6.61 Å². The number of β-amino-alcohol motifs (C(OH)–C–C–N with tert-alkyl or cyclic N) is 1. The Hall–Kier alpha value is -1.59. The molecule has 0 saturated carbocycles. The van der Waals surface area contributed by atoms with Crippen molar-refractivity contribution in [1.29, 1.82) is 0 Å². The molecule has 1 atom stereocenters. The van der Waals surface area contributed by atoms with Crippen LogP contribution in [0.2, 0.25) is 5.02 Å². The molecule has 0 aromatic heterocycles. The van der Waals surface area contributed by atoms with E-state index in [-0.39, 0.29) is 0 Å². The van der Waals surface area contributed by atoms with Crippen molar-refractivity contribution in [3.05, 3.63) is 64.7 Å². The van der Waals surface area contributed by atoms with E-state index in [9.17, 15) is 5.11 Å². The number of nitrogens with one attached hydrogen (secondary N) is 1. The molecule has 128 valence electrons. The minimum absolute atomic E-state index is 0.500. The third-order valence-electron chi connectivity index (χ3n) is 4.22. The first-order chi connectivity index (χ1) is 11.7. The van der Waals surface area contributed by atoms with Crippen molar-refractivity contribution in [3.8, 4) is 5.75 Å². The molecule has 24 heavy (non-hydrogen) atoms. The highest BCUT2D eigenvalue weighted by Gasteiger charge is 2.18. The minimum atomic E-state index is -0.584. The summed E-state index contributed by atoms with van der Waals surface area (Å²) in [6.45, 7) is 4.94. The van der Waals surface area contributed by atoms with Gasteiger partial charge >= 0.3 is 0 Å². The highest BCUT2D eigenvalue weighted by Crippen LogP contribution is 2.28. The summed E-state index contributed by atoms with van der Waals surface area (Å²) in [4.78, 5) is 2.25. The number of piperazine rings is 1. The molecule has 1 aliphatic rings. The summed E-state index contributed by atoms with van der Waals surface area (Å²) >= 11 is 6.35. The molecule has 1 unspecified atom stereocenters. The Kier molecular flexibility index (Phi) is 6.10. The van der Waals surface area contributed by atoms with Gasteiger partial charge in [-0.25, -0.2) is 0 Å². The lowest BCUT2D eigenvalue weighted by Gasteiger charge is -2.29. The molecule has 3 rings (SSSR count). The van der Waals surface area contributed by atoms with Crippen LogP contribution >= 0.6 is 11.6 Å². The fourth-order valence-corrected chi connectivity index (χ4v) is 3.14. The van der Waals surface area contributed by atoms with Crippen molar-refractivity contribution >= 4 is 11.6 Å². The standard InChI is InChI=1S/C19H23ClN2O2/c20-18-12-16(24-14-15-4-2-1-3-5-15)6-7-17(18)19(23)13-22-10-8-21-9-11-22/h1-7,12,19,21,23H,8-11,13-14H2. The molecular formula is C19H23ClN2O2. The molecule has 0 spiro atoms. The number of benzene rings is 2. The first-order valence-corrected chi connectivity index (χ1v) is 8.67. The third kappa shape index (κ3) is 4.71. The predicted octanol–water partition coefficient (Wildman–Crippen LogP) is 2.86. The number of aliphatic hydroxyl groups excluding tert-OH is 1. The molecule has 2 aromatic carbocycles. The van der Waals surface area contributed by atoms with Crippen molar-refractivity contribution in [2.24, 2.45) is 0 Å². The zero-order chi connectivity index (χ0) is 16.8. The average molecular weight is 347 g/mol. The fourth-order valence-electron chi connectivity index (χ4n) is 2.85. The van der Waals surface area contributed by atoms with E-state index >= 15 is 0 Å². The quantitative estimate of drug-likeness (QED) is 0.844. The minimum Gasteiger partial charge on any atom is -0.489 e. The second kappa shape index (κ2) is 8.49. The second-order valence-corrected chi connectivity index (χ2v) is 6.43. The summed E-state index contributed by atoms with van der Waals surface area (Å²) in [6.07, 6.45) is -0.584. The van der Waals surface area contributed by atoms with Gasteiger partial charge in [0.25, 0.3) is 0 Å². The van der Waals surface area contributed by atoms with Crippen LogP contribution in [0.5, 0.6) is 5.75 Å². The van der Waals surface area contributed by atoms with Gasteiger partial charge in [0, 0.05) is 38.3 Å². The topological polar surface area (TPSA) is 44.7 Å². The number of hydrogen-bond acceptors (Lipinski definition) is 4. The number of hydrogen-bond donors (Lipinski definition) is 2. The Morgan fingerprint density at radius 1 is 1.12 bits per heavy atom. The van der Waals surface area contributed by atoms with Crippen LogP contribution in [0.15, 0.2) is 48.5 Å². The molecule has 4 nitrogen and oxygen atoms in total. The zero-order valence-corrected chi connectivity index (χ0v) is 14.4. The molecule has 0 bridgehead atoms. The van der Waals surface area contributed by atoms with Crippen LogP contribution in [-0.4, -0.2) is 42.7 Å². The first-order valence-electron chi connectivity index (χ1n) is 8.29. The summed E-state index contributed by atoms with van der Waals surface area (Å²) in [7, 11) is 0. The molecule has 1 fully saturated rings. The molecule has 1 heterocycles. The third-order valence-corrected chi connectivity index (χ3v) is 4.55. The summed E-state index contributed by atoms with van der Waals surface area (Å²) in [5.74, 6) is 0.710. The van der Waals surface area contributed by atoms with Gasteiger partial charge in [-0.3, -0.25) is 4.90 Å². The molecule has 2 N–H and O–H groups in total. The summed E-state index contributed by atoms with van der Waals surface area (Å²) < 4.78 is 5.77. The van der Waals surface area contributed by atoms with E-state index in [2.05, 4.69) is 10.2 Å². The SMILES string of the molecule is OC(CN1CCNCC1)c1ccc(OCc2ccccc2)cc1Cl. The van der Waals surface area contributed by atoms with E-state index in [0.717, 1.165) is 37.3 Å². The van der Waals surface area contributed by atoms with Crippen molar-refractivity contribution < 1.29 is 9.84 Å². The van der Waals surface area contributed by atoms with Gasteiger partial charge < -0.3 is 15.2 Å². The van der Waals surface area contributed by atoms with Crippen molar-refractivity contribution in [1.82, 2.24) is 10.2 Å². The van der Waals surface area contributed by atoms with Crippen molar-refractivity contribution in [2.45, 2.75) is 12.7 Å². The monoisotopic (exact) mass is 346 g/mol. The highest BCUT2D eigenvalue weighted by molar-refractivity contribution is 6.31. The number of rotatable bonds is 6. The molecule has 1 aliphatic heterocycles. The molecule has 0 amide bonds. The van der Waals surface area contributed by atoms with Crippen LogP contribution in [0.1, 0.15) is 17.2 Å². The van der Waals surface area contributed by atoms with Crippen molar-refractivity contribution in [2.75, 3.05) is 32.7 Å². The first kappa shape index (κ1) is 17.2. The van der Waals surface area contributed by atoms with Gasteiger partial charge in [0.1, 0.15) is 12.4 Å². The van der Waals surface area contributed by atoms with Crippen LogP contribution in [0.25, 0.3) is 0 Å². The molecule has 5 heteroatoms. The number of aliphatic hydroxyl groups is 1. The van der Waals surface area contributed by atoms with Crippen molar-refractivity contribution in [3.63, 3.8) is 0 Å². The lowest BCUT2D eigenvalue weighted by molar-refractivity contribution is 0.105. The van der Waals surface area contributed by atoms with Crippen LogP contribution in [0.4, 0.5) is 0 Å². The Labute approximate surface area is 148 Å². The Morgan fingerprint density at radius 2 is 1.88 bits per heavy atom.